The second kappa shape index (κ2) is 10.2. The molecule has 0 radical (unpaired) electrons. The Balaban J connectivity index is 0.000000212. The van der Waals surface area contributed by atoms with E-state index < -0.39 is 0 Å². The molecule has 0 aliphatic carbocycles. The van der Waals surface area contributed by atoms with Crippen LogP contribution >= 0.6 is 12.6 Å². The fourth-order valence-electron chi connectivity index (χ4n) is 2.60. The lowest BCUT2D eigenvalue weighted by molar-refractivity contribution is 0.285. The molecule has 3 rings (SSSR count). The number of aromatic nitrogens is 1. The van der Waals surface area contributed by atoms with E-state index in [1.807, 2.05) is 37.3 Å². The van der Waals surface area contributed by atoms with Crippen LogP contribution in [0, 0.1) is 18.3 Å². The first-order valence-electron chi connectivity index (χ1n) is 8.35. The molecule has 0 saturated carbocycles. The van der Waals surface area contributed by atoms with Gasteiger partial charge in [-0.25, -0.2) is 0 Å². The predicted molar refractivity (Wildman–Crippen MR) is 103 cm³/mol. The SMILES string of the molecule is Cc1cc(-c2ccc(S)cn2)ccc1C#N.OCCNC1CCNC1. The maximum Gasteiger partial charge on any atom is 0.0994 e. The van der Waals surface area contributed by atoms with Crippen molar-refractivity contribution in [2.75, 3.05) is 26.2 Å². The number of aliphatic hydroxyl groups is 1. The van der Waals surface area contributed by atoms with Crippen LogP contribution in [0.25, 0.3) is 11.3 Å². The van der Waals surface area contributed by atoms with Crippen molar-refractivity contribution in [3.05, 3.63) is 47.7 Å². The molecule has 132 valence electrons. The molecule has 1 aromatic heterocycles. The van der Waals surface area contributed by atoms with Crippen molar-refractivity contribution in [2.45, 2.75) is 24.3 Å². The summed E-state index contributed by atoms with van der Waals surface area (Å²) in [6.45, 7) is 5.07. The summed E-state index contributed by atoms with van der Waals surface area (Å²) in [6, 6.07) is 12.3. The molecular formula is C19H24N4OS. The molecule has 3 N–H and O–H groups in total. The first-order chi connectivity index (χ1) is 12.1. The number of aryl methyl sites for hydroxylation is 1. The smallest absolute Gasteiger partial charge is 0.0994 e. The van der Waals surface area contributed by atoms with Gasteiger partial charge in [0.25, 0.3) is 0 Å². The largest absolute Gasteiger partial charge is 0.395 e. The second-order valence-electron chi connectivity index (χ2n) is 5.91. The average molecular weight is 356 g/mol. The predicted octanol–water partition coefficient (Wildman–Crippen LogP) is 2.15. The number of hydrogen-bond acceptors (Lipinski definition) is 6. The maximum absolute atomic E-state index is 8.84. The molecule has 5 nitrogen and oxygen atoms in total. The summed E-state index contributed by atoms with van der Waals surface area (Å²) in [4.78, 5) is 5.13. The van der Waals surface area contributed by atoms with Gasteiger partial charge in [0.05, 0.1) is 23.9 Å². The fraction of sp³-hybridized carbons (Fsp3) is 0.368. The van der Waals surface area contributed by atoms with Crippen molar-refractivity contribution in [3.8, 4) is 17.3 Å². The van der Waals surface area contributed by atoms with E-state index in [4.69, 9.17) is 10.4 Å². The van der Waals surface area contributed by atoms with Gasteiger partial charge in [0.2, 0.25) is 0 Å². The number of benzene rings is 1. The minimum atomic E-state index is 0.247. The quantitative estimate of drug-likeness (QED) is 0.631. The van der Waals surface area contributed by atoms with Gasteiger partial charge in [-0.15, -0.1) is 12.6 Å². The minimum absolute atomic E-state index is 0.247. The molecule has 2 heterocycles. The zero-order valence-electron chi connectivity index (χ0n) is 14.4. The van der Waals surface area contributed by atoms with Crippen LogP contribution in [-0.4, -0.2) is 42.4 Å². The molecule has 1 aliphatic rings. The van der Waals surface area contributed by atoms with Crippen LogP contribution in [-0.2, 0) is 0 Å². The number of aliphatic hydroxyl groups excluding tert-OH is 1. The summed E-state index contributed by atoms with van der Waals surface area (Å²) in [5, 5.41) is 23.7. The van der Waals surface area contributed by atoms with Gasteiger partial charge in [0, 0.05) is 35.8 Å². The van der Waals surface area contributed by atoms with E-state index in [1.165, 1.54) is 6.42 Å². The Morgan fingerprint density at radius 1 is 1.40 bits per heavy atom. The Labute approximate surface area is 154 Å². The van der Waals surface area contributed by atoms with Gasteiger partial charge in [0.15, 0.2) is 0 Å². The van der Waals surface area contributed by atoms with Crippen molar-refractivity contribution in [2.24, 2.45) is 0 Å². The number of nitriles is 1. The summed E-state index contributed by atoms with van der Waals surface area (Å²) in [5.41, 5.74) is 3.58. The number of rotatable bonds is 4. The highest BCUT2D eigenvalue weighted by Gasteiger charge is 2.11. The minimum Gasteiger partial charge on any atom is -0.395 e. The molecule has 2 aromatic rings. The molecule has 1 fully saturated rings. The average Bonchev–Trinajstić information content (AvgIpc) is 3.14. The number of pyridine rings is 1. The van der Waals surface area contributed by atoms with Crippen molar-refractivity contribution in [1.82, 2.24) is 15.6 Å². The molecule has 0 amide bonds. The summed E-state index contributed by atoms with van der Waals surface area (Å²) < 4.78 is 0. The van der Waals surface area contributed by atoms with Crippen LogP contribution in [0.3, 0.4) is 0 Å². The normalized spacial score (nSPS) is 16.0. The second-order valence-corrected chi connectivity index (χ2v) is 6.43. The number of nitrogens with zero attached hydrogens (tertiary/aromatic N) is 2. The van der Waals surface area contributed by atoms with Gasteiger partial charge >= 0.3 is 0 Å². The highest BCUT2D eigenvalue weighted by atomic mass is 32.1. The van der Waals surface area contributed by atoms with Gasteiger partial charge in [-0.1, -0.05) is 6.07 Å². The van der Waals surface area contributed by atoms with Crippen LogP contribution in [0.1, 0.15) is 17.5 Å². The fourth-order valence-corrected chi connectivity index (χ4v) is 2.74. The summed E-state index contributed by atoms with van der Waals surface area (Å²) in [7, 11) is 0. The zero-order valence-corrected chi connectivity index (χ0v) is 15.3. The van der Waals surface area contributed by atoms with Crippen molar-refractivity contribution >= 4 is 12.6 Å². The van der Waals surface area contributed by atoms with Gasteiger partial charge in [0.1, 0.15) is 0 Å². The highest BCUT2D eigenvalue weighted by Crippen LogP contribution is 2.20. The molecule has 1 saturated heterocycles. The Kier molecular flexibility index (Phi) is 7.89. The molecule has 1 atom stereocenters. The van der Waals surface area contributed by atoms with Crippen molar-refractivity contribution in [3.63, 3.8) is 0 Å². The van der Waals surface area contributed by atoms with Crippen LogP contribution in [0.5, 0.6) is 0 Å². The molecule has 25 heavy (non-hydrogen) atoms. The van der Waals surface area contributed by atoms with Crippen LogP contribution in [0.15, 0.2) is 41.4 Å². The molecule has 6 heteroatoms. The maximum atomic E-state index is 8.84. The summed E-state index contributed by atoms with van der Waals surface area (Å²) in [6.07, 6.45) is 2.91. The standard InChI is InChI=1S/C13H10N2S.C6H14N2O/c1-9-6-10(2-3-11(9)7-14)13-5-4-12(16)8-15-13;9-4-3-8-6-1-2-7-5-6/h2-6,8,16H,1H3;6-9H,1-5H2. The highest BCUT2D eigenvalue weighted by molar-refractivity contribution is 7.80. The zero-order chi connectivity index (χ0) is 18.1. The van der Waals surface area contributed by atoms with E-state index in [9.17, 15) is 0 Å². The van der Waals surface area contributed by atoms with Crippen LogP contribution < -0.4 is 10.6 Å². The van der Waals surface area contributed by atoms with Crippen molar-refractivity contribution < 1.29 is 5.11 Å². The van der Waals surface area contributed by atoms with Gasteiger partial charge < -0.3 is 15.7 Å². The van der Waals surface area contributed by atoms with E-state index in [-0.39, 0.29) is 6.61 Å². The van der Waals surface area contributed by atoms with Gasteiger partial charge in [-0.3, -0.25) is 4.98 Å². The third-order valence-electron chi connectivity index (χ3n) is 4.00. The van der Waals surface area contributed by atoms with E-state index >= 15 is 0 Å². The Bertz CT molecular complexity index is 706. The summed E-state index contributed by atoms with van der Waals surface area (Å²) in [5.74, 6) is 0. The first kappa shape index (κ1) is 19.4. The molecule has 1 aliphatic heterocycles. The lowest BCUT2D eigenvalue weighted by Gasteiger charge is -2.07. The van der Waals surface area contributed by atoms with E-state index in [0.717, 1.165) is 41.4 Å². The molecular weight excluding hydrogens is 332 g/mol. The third kappa shape index (κ3) is 6.15. The summed E-state index contributed by atoms with van der Waals surface area (Å²) >= 11 is 4.19. The van der Waals surface area contributed by atoms with Crippen molar-refractivity contribution in [1.29, 1.82) is 5.26 Å². The Morgan fingerprint density at radius 3 is 2.80 bits per heavy atom. The first-order valence-corrected chi connectivity index (χ1v) is 8.80. The number of nitrogens with one attached hydrogen (secondary N) is 2. The van der Waals surface area contributed by atoms with Gasteiger partial charge in [-0.2, -0.15) is 5.26 Å². The lowest BCUT2D eigenvalue weighted by Crippen LogP contribution is -2.32. The third-order valence-corrected chi connectivity index (χ3v) is 4.26. The van der Waals surface area contributed by atoms with E-state index in [2.05, 4.69) is 34.3 Å². The van der Waals surface area contributed by atoms with E-state index in [1.54, 1.807) is 6.20 Å². The van der Waals surface area contributed by atoms with Gasteiger partial charge in [-0.05, 0) is 49.7 Å². The molecule has 0 spiro atoms. The van der Waals surface area contributed by atoms with Crippen LogP contribution in [0.4, 0.5) is 0 Å². The van der Waals surface area contributed by atoms with E-state index in [0.29, 0.717) is 11.6 Å². The lowest BCUT2D eigenvalue weighted by atomic mass is 10.0. The number of thiol groups is 1. The number of hydrogen-bond donors (Lipinski definition) is 4. The monoisotopic (exact) mass is 356 g/mol. The topological polar surface area (TPSA) is 81.0 Å². The Hall–Kier alpha value is -1.91. The molecule has 1 unspecified atom stereocenters. The molecule has 0 bridgehead atoms. The Morgan fingerprint density at radius 2 is 2.24 bits per heavy atom. The van der Waals surface area contributed by atoms with Crippen LogP contribution in [0.2, 0.25) is 0 Å². The molecule has 1 aromatic carbocycles.